The Hall–Kier alpha value is -4.37. The van der Waals surface area contributed by atoms with E-state index in [4.69, 9.17) is 25.9 Å². The first-order valence-electron chi connectivity index (χ1n) is 10.1. The molecule has 2 aromatic carbocycles. The van der Waals surface area contributed by atoms with Crippen molar-refractivity contribution in [3.8, 4) is 17.1 Å². The Bertz CT molecular complexity index is 1360. The molecule has 34 heavy (non-hydrogen) atoms. The fraction of sp³-hybridized carbons (Fsp3) is 0.0833. The van der Waals surface area contributed by atoms with Gasteiger partial charge in [-0.1, -0.05) is 23.7 Å². The van der Waals surface area contributed by atoms with Crippen LogP contribution in [0.3, 0.4) is 0 Å². The van der Waals surface area contributed by atoms with E-state index in [0.717, 1.165) is 4.90 Å². The van der Waals surface area contributed by atoms with Crippen LogP contribution in [0.15, 0.2) is 64.6 Å². The summed E-state index contributed by atoms with van der Waals surface area (Å²) in [5.74, 6) is -1.87. The van der Waals surface area contributed by atoms with Crippen LogP contribution in [0.25, 0.3) is 17.4 Å². The number of hydrogen-bond donors (Lipinski definition) is 2. The number of barbiturate groups is 1. The molecule has 1 aliphatic heterocycles. The number of anilines is 1. The Labute approximate surface area is 198 Å². The largest absolute Gasteiger partial charge is 0.494 e. The van der Waals surface area contributed by atoms with E-state index in [9.17, 15) is 19.2 Å². The lowest BCUT2D eigenvalue weighted by atomic mass is 10.1. The smallest absolute Gasteiger partial charge is 0.337 e. The summed E-state index contributed by atoms with van der Waals surface area (Å²) in [6.07, 6.45) is 1.22. The predicted molar refractivity (Wildman–Crippen MR) is 123 cm³/mol. The van der Waals surface area contributed by atoms with Crippen LogP contribution >= 0.6 is 11.6 Å². The highest BCUT2D eigenvalue weighted by atomic mass is 35.5. The van der Waals surface area contributed by atoms with Gasteiger partial charge in [0.15, 0.2) is 0 Å². The number of nitrogens with zero attached hydrogens (tertiary/aromatic N) is 1. The SMILES string of the molecule is CCOc1cccc(N2C(=O)NC(=O)/C(=C/c3ccc(-c4ccc(C(=O)O)c(Cl)c4)o3)C2=O)c1. The van der Waals surface area contributed by atoms with Crippen molar-refractivity contribution in [3.63, 3.8) is 0 Å². The Morgan fingerprint density at radius 1 is 1.15 bits per heavy atom. The fourth-order valence-corrected chi connectivity index (χ4v) is 3.60. The second-order valence-corrected chi connectivity index (χ2v) is 7.50. The van der Waals surface area contributed by atoms with Gasteiger partial charge in [-0.05, 0) is 49.4 Å². The van der Waals surface area contributed by atoms with Crippen molar-refractivity contribution in [3.05, 3.63) is 76.5 Å². The van der Waals surface area contributed by atoms with Crippen molar-refractivity contribution in [1.82, 2.24) is 5.32 Å². The molecule has 1 saturated heterocycles. The normalized spacial score (nSPS) is 14.9. The number of nitrogens with one attached hydrogen (secondary N) is 1. The number of amides is 4. The lowest BCUT2D eigenvalue weighted by Gasteiger charge is -2.26. The maximum Gasteiger partial charge on any atom is 0.337 e. The first-order chi connectivity index (χ1) is 16.3. The summed E-state index contributed by atoms with van der Waals surface area (Å²) in [4.78, 5) is 49.8. The quantitative estimate of drug-likeness (QED) is 0.396. The van der Waals surface area contributed by atoms with Gasteiger partial charge >= 0.3 is 12.0 Å². The third-order valence-electron chi connectivity index (χ3n) is 4.89. The average Bonchev–Trinajstić information content (AvgIpc) is 3.25. The van der Waals surface area contributed by atoms with E-state index in [1.807, 2.05) is 0 Å². The highest BCUT2D eigenvalue weighted by Gasteiger charge is 2.37. The number of urea groups is 1. The van der Waals surface area contributed by atoms with Gasteiger partial charge in [0.2, 0.25) is 0 Å². The summed E-state index contributed by atoms with van der Waals surface area (Å²) in [7, 11) is 0. The molecule has 9 nitrogen and oxygen atoms in total. The van der Waals surface area contributed by atoms with Gasteiger partial charge in [0.25, 0.3) is 11.8 Å². The Morgan fingerprint density at radius 2 is 1.94 bits per heavy atom. The van der Waals surface area contributed by atoms with E-state index in [1.165, 1.54) is 36.4 Å². The van der Waals surface area contributed by atoms with Gasteiger partial charge in [0, 0.05) is 11.6 Å². The predicted octanol–water partition coefficient (Wildman–Crippen LogP) is 4.36. The summed E-state index contributed by atoms with van der Waals surface area (Å²) in [5, 5.41) is 11.3. The second kappa shape index (κ2) is 9.24. The van der Waals surface area contributed by atoms with E-state index in [0.29, 0.717) is 23.7 Å². The Balaban J connectivity index is 1.64. The molecule has 10 heteroatoms. The third-order valence-corrected chi connectivity index (χ3v) is 5.20. The van der Waals surface area contributed by atoms with E-state index in [-0.39, 0.29) is 27.6 Å². The molecule has 0 aliphatic carbocycles. The Kier molecular flexibility index (Phi) is 6.20. The summed E-state index contributed by atoms with van der Waals surface area (Å²) in [6, 6.07) is 12.9. The zero-order valence-corrected chi connectivity index (χ0v) is 18.5. The maximum atomic E-state index is 13.1. The summed E-state index contributed by atoms with van der Waals surface area (Å²) >= 11 is 6.02. The van der Waals surface area contributed by atoms with Crippen LogP contribution < -0.4 is 15.0 Å². The number of carboxylic acids is 1. The minimum absolute atomic E-state index is 0.0339. The standard InChI is InChI=1S/C24H17ClN2O7/c1-2-33-15-5-3-4-14(11-15)27-22(29)18(21(28)26-24(27)32)12-16-7-9-20(34-16)13-6-8-17(23(30)31)19(25)10-13/h3-12H,2H2,1H3,(H,30,31)(H,26,28,32)/b18-12-. The molecule has 2 N–H and O–H groups in total. The third kappa shape index (κ3) is 4.41. The molecule has 0 spiro atoms. The molecule has 4 rings (SSSR count). The number of aromatic carboxylic acids is 1. The molecule has 0 saturated carbocycles. The molecule has 1 fully saturated rings. The summed E-state index contributed by atoms with van der Waals surface area (Å²) in [6.45, 7) is 2.20. The van der Waals surface area contributed by atoms with Crippen LogP contribution in [0.1, 0.15) is 23.0 Å². The lowest BCUT2D eigenvalue weighted by Crippen LogP contribution is -2.54. The molecule has 0 unspecified atom stereocenters. The summed E-state index contributed by atoms with van der Waals surface area (Å²) in [5.41, 5.74) is 0.382. The topological polar surface area (TPSA) is 126 Å². The molecule has 3 aromatic rings. The van der Waals surface area contributed by atoms with Gasteiger partial charge in [-0.2, -0.15) is 0 Å². The summed E-state index contributed by atoms with van der Waals surface area (Å²) < 4.78 is 11.1. The minimum Gasteiger partial charge on any atom is -0.494 e. The molecule has 0 radical (unpaired) electrons. The number of benzene rings is 2. The number of ether oxygens (including phenoxy) is 1. The molecule has 1 aliphatic rings. The lowest BCUT2D eigenvalue weighted by molar-refractivity contribution is -0.122. The molecule has 0 bridgehead atoms. The van der Waals surface area contributed by atoms with E-state index < -0.39 is 23.8 Å². The number of carbonyl (C=O) groups is 4. The number of halogens is 1. The van der Waals surface area contributed by atoms with Crippen LogP contribution in [0, 0.1) is 0 Å². The number of imide groups is 2. The highest BCUT2D eigenvalue weighted by molar-refractivity contribution is 6.39. The molecule has 2 heterocycles. The van der Waals surface area contributed by atoms with Crippen molar-refractivity contribution >= 4 is 47.2 Å². The zero-order chi connectivity index (χ0) is 24.4. The molecular weight excluding hydrogens is 464 g/mol. The van der Waals surface area contributed by atoms with Crippen LogP contribution in [0.4, 0.5) is 10.5 Å². The molecule has 1 aromatic heterocycles. The van der Waals surface area contributed by atoms with Crippen molar-refractivity contribution in [2.45, 2.75) is 6.92 Å². The van der Waals surface area contributed by atoms with Crippen molar-refractivity contribution in [2.75, 3.05) is 11.5 Å². The molecular formula is C24H17ClN2O7. The number of furan rings is 1. The maximum absolute atomic E-state index is 13.1. The van der Waals surface area contributed by atoms with Gasteiger partial charge in [-0.25, -0.2) is 14.5 Å². The molecule has 172 valence electrons. The van der Waals surface area contributed by atoms with Gasteiger partial charge in [-0.15, -0.1) is 0 Å². The number of carbonyl (C=O) groups excluding carboxylic acids is 3. The van der Waals surface area contributed by atoms with Crippen LogP contribution in [-0.2, 0) is 9.59 Å². The van der Waals surface area contributed by atoms with E-state index in [1.54, 1.807) is 31.2 Å². The van der Waals surface area contributed by atoms with E-state index in [2.05, 4.69) is 5.32 Å². The second-order valence-electron chi connectivity index (χ2n) is 7.09. The molecule has 0 atom stereocenters. The zero-order valence-electron chi connectivity index (χ0n) is 17.7. The van der Waals surface area contributed by atoms with Gasteiger partial charge < -0.3 is 14.3 Å². The van der Waals surface area contributed by atoms with Crippen LogP contribution in [0.5, 0.6) is 5.75 Å². The first-order valence-corrected chi connectivity index (χ1v) is 10.4. The first kappa shape index (κ1) is 22.8. The Morgan fingerprint density at radius 3 is 2.65 bits per heavy atom. The average molecular weight is 481 g/mol. The van der Waals surface area contributed by atoms with Crippen molar-refractivity contribution in [1.29, 1.82) is 0 Å². The minimum atomic E-state index is -1.16. The van der Waals surface area contributed by atoms with Gasteiger partial charge in [0.1, 0.15) is 22.8 Å². The van der Waals surface area contributed by atoms with Crippen LogP contribution in [-0.4, -0.2) is 35.5 Å². The van der Waals surface area contributed by atoms with Gasteiger partial charge in [-0.3, -0.25) is 14.9 Å². The monoisotopic (exact) mass is 480 g/mol. The number of hydrogen-bond acceptors (Lipinski definition) is 6. The van der Waals surface area contributed by atoms with Gasteiger partial charge in [0.05, 0.1) is 22.9 Å². The highest BCUT2D eigenvalue weighted by Crippen LogP contribution is 2.29. The van der Waals surface area contributed by atoms with Crippen LogP contribution in [0.2, 0.25) is 5.02 Å². The molecule has 4 amide bonds. The number of carboxylic acid groups (broad SMARTS) is 1. The van der Waals surface area contributed by atoms with Crippen molar-refractivity contribution < 1.29 is 33.4 Å². The van der Waals surface area contributed by atoms with E-state index >= 15 is 0 Å². The fourth-order valence-electron chi connectivity index (χ4n) is 3.34. The van der Waals surface area contributed by atoms with Crippen molar-refractivity contribution in [2.24, 2.45) is 0 Å². The number of rotatable bonds is 6.